The Morgan fingerprint density at radius 2 is 1.76 bits per heavy atom. The number of benzene rings is 2. The predicted octanol–water partition coefficient (Wildman–Crippen LogP) is 4.26. The molecule has 2 aromatic carbocycles. The first kappa shape index (κ1) is 34.8. The van der Waals surface area contributed by atoms with Gasteiger partial charge in [0.2, 0.25) is 21.8 Å². The maximum atomic E-state index is 13.9. The molecule has 12 heteroatoms. The monoisotopic (exact) mass is 648 g/mol. The smallest absolute Gasteiger partial charge is 0.243 e. The van der Waals surface area contributed by atoms with Crippen LogP contribution in [0.3, 0.4) is 0 Å². The van der Waals surface area contributed by atoms with Crippen LogP contribution in [0.4, 0.5) is 8.78 Å². The quantitative estimate of drug-likeness (QED) is 0.296. The van der Waals surface area contributed by atoms with E-state index in [4.69, 9.17) is 4.74 Å². The largest absolute Gasteiger partial charge is 0.494 e. The molecule has 9 nitrogen and oxygen atoms in total. The fourth-order valence-electron chi connectivity index (χ4n) is 6.62. The van der Waals surface area contributed by atoms with Gasteiger partial charge in [-0.3, -0.25) is 14.0 Å². The van der Waals surface area contributed by atoms with Crippen molar-refractivity contribution in [3.05, 3.63) is 59.9 Å². The van der Waals surface area contributed by atoms with Gasteiger partial charge in [-0.2, -0.15) is 4.31 Å². The number of sulfonamides is 1. The maximum absolute atomic E-state index is 13.9. The van der Waals surface area contributed by atoms with E-state index in [1.807, 2.05) is 0 Å². The lowest BCUT2D eigenvalue weighted by atomic mass is 9.79. The summed E-state index contributed by atoms with van der Waals surface area (Å²) in [6.45, 7) is 8.22. The van der Waals surface area contributed by atoms with Crippen molar-refractivity contribution in [1.82, 2.24) is 20.3 Å². The van der Waals surface area contributed by atoms with Gasteiger partial charge in [0.15, 0.2) is 0 Å². The Hall–Kier alpha value is -3.09. The number of rotatable bonds is 12. The third kappa shape index (κ3) is 9.46. The zero-order valence-corrected chi connectivity index (χ0v) is 27.4. The van der Waals surface area contributed by atoms with Crippen molar-refractivity contribution in [2.75, 3.05) is 19.8 Å². The van der Waals surface area contributed by atoms with E-state index >= 15 is 0 Å². The van der Waals surface area contributed by atoms with Crippen molar-refractivity contribution in [3.63, 3.8) is 0 Å². The van der Waals surface area contributed by atoms with Gasteiger partial charge in [0, 0.05) is 36.5 Å². The molecule has 0 saturated carbocycles. The first-order valence-corrected chi connectivity index (χ1v) is 17.1. The summed E-state index contributed by atoms with van der Waals surface area (Å²) in [7, 11) is -4.17. The lowest BCUT2D eigenvalue weighted by Crippen LogP contribution is -2.63. The summed E-state index contributed by atoms with van der Waals surface area (Å²) in [4.78, 5) is 27.5. The van der Waals surface area contributed by atoms with Crippen molar-refractivity contribution >= 4 is 21.8 Å². The molecule has 0 aromatic heterocycles. The van der Waals surface area contributed by atoms with Crippen LogP contribution < -0.4 is 20.7 Å². The molecule has 0 bridgehead atoms. The fourth-order valence-corrected chi connectivity index (χ4v) is 8.31. The van der Waals surface area contributed by atoms with Gasteiger partial charge in [-0.05, 0) is 89.3 Å². The number of ether oxygens (including phenoxy) is 1. The average Bonchev–Trinajstić information content (AvgIpc) is 2.96. The summed E-state index contributed by atoms with van der Waals surface area (Å²) in [5.41, 5.74) is 0.321. The van der Waals surface area contributed by atoms with Gasteiger partial charge >= 0.3 is 0 Å². The van der Waals surface area contributed by atoms with Crippen LogP contribution >= 0.6 is 0 Å². The van der Waals surface area contributed by atoms with Gasteiger partial charge in [0.05, 0.1) is 18.2 Å². The molecule has 2 saturated heterocycles. The second-order valence-corrected chi connectivity index (χ2v) is 15.3. The van der Waals surface area contributed by atoms with Crippen molar-refractivity contribution in [2.24, 2.45) is 0 Å². The highest BCUT2D eigenvalue weighted by atomic mass is 32.2. The van der Waals surface area contributed by atoms with Crippen molar-refractivity contribution < 1.29 is 31.5 Å². The van der Waals surface area contributed by atoms with Gasteiger partial charge in [0.25, 0.3) is 0 Å². The molecule has 0 unspecified atom stereocenters. The SMILES string of the molecule is CC1(C)CC(NC(=O)[C@H](Cc2ccc(OCCCF)cc2)NC(=O)[C@@H]2CCCCN2S(=O)(=O)c2cccc(F)c2)CC(C)(C)N1. The number of carbonyl (C=O) groups excluding carboxylic acids is 2. The van der Waals surface area contributed by atoms with Gasteiger partial charge in [-0.15, -0.1) is 0 Å². The van der Waals surface area contributed by atoms with Gasteiger partial charge < -0.3 is 20.7 Å². The minimum atomic E-state index is -4.17. The number of halogens is 2. The number of hydrogen-bond donors (Lipinski definition) is 3. The molecule has 0 radical (unpaired) electrons. The average molecular weight is 649 g/mol. The minimum absolute atomic E-state index is 0.108. The molecule has 2 aromatic rings. The Kier molecular flexibility index (Phi) is 11.2. The van der Waals surface area contributed by atoms with E-state index in [-0.39, 0.29) is 60.3 Å². The van der Waals surface area contributed by atoms with Gasteiger partial charge in [0.1, 0.15) is 23.7 Å². The zero-order valence-electron chi connectivity index (χ0n) is 26.6. The van der Waals surface area contributed by atoms with Crippen LogP contribution in [-0.2, 0) is 26.0 Å². The molecule has 45 heavy (non-hydrogen) atoms. The molecule has 2 aliphatic heterocycles. The minimum Gasteiger partial charge on any atom is -0.494 e. The van der Waals surface area contributed by atoms with Crippen molar-refractivity contribution in [1.29, 1.82) is 0 Å². The standard InChI is InChI=1S/C33H46F2N4O5S/c1-32(2)21-25(22-33(3,4)38-32)36-30(40)28(19-23-12-14-26(15-13-23)44-18-8-16-34)37-31(41)29-11-5-6-17-39(29)45(42,43)27-10-7-9-24(35)20-27/h7,9-10,12-15,20,25,28-29,38H,5-6,8,11,16-19,21-22H2,1-4H3,(H,36,40)(H,37,41)/t28-,29-/m0/s1. The zero-order chi connectivity index (χ0) is 32.8. The Morgan fingerprint density at radius 3 is 2.40 bits per heavy atom. The van der Waals surface area contributed by atoms with Crippen LogP contribution in [0.25, 0.3) is 0 Å². The predicted molar refractivity (Wildman–Crippen MR) is 169 cm³/mol. The highest BCUT2D eigenvalue weighted by Crippen LogP contribution is 2.29. The van der Waals surface area contributed by atoms with Crippen molar-refractivity contribution in [3.8, 4) is 5.75 Å². The molecule has 2 heterocycles. The first-order chi connectivity index (χ1) is 21.2. The summed E-state index contributed by atoms with van der Waals surface area (Å²) in [5.74, 6) is -1.06. The first-order valence-electron chi connectivity index (χ1n) is 15.6. The Bertz CT molecular complexity index is 1420. The molecule has 0 aliphatic carbocycles. The molecule has 2 fully saturated rings. The molecule has 2 aliphatic rings. The van der Waals surface area contributed by atoms with Crippen LogP contribution in [0, 0.1) is 5.82 Å². The van der Waals surface area contributed by atoms with Crippen LogP contribution in [0.5, 0.6) is 5.75 Å². The molecule has 2 atom stereocenters. The molecule has 3 N–H and O–H groups in total. The molecular weight excluding hydrogens is 602 g/mol. The number of nitrogens with zero attached hydrogens (tertiary/aromatic N) is 1. The Balaban J connectivity index is 1.56. The van der Waals surface area contributed by atoms with E-state index in [0.717, 1.165) is 22.0 Å². The van der Waals surface area contributed by atoms with Crippen LogP contribution in [0.15, 0.2) is 53.4 Å². The Labute approximate surface area is 265 Å². The topological polar surface area (TPSA) is 117 Å². The molecule has 2 amide bonds. The lowest BCUT2D eigenvalue weighted by molar-refractivity contribution is -0.132. The fraction of sp³-hybridized carbons (Fsp3) is 0.576. The summed E-state index contributed by atoms with van der Waals surface area (Å²) in [6, 6.07) is 9.60. The number of nitrogens with one attached hydrogen (secondary N) is 3. The summed E-state index contributed by atoms with van der Waals surface area (Å²) >= 11 is 0. The number of amides is 2. The normalized spacial score (nSPS) is 21.1. The number of alkyl halides is 1. The van der Waals surface area contributed by atoms with E-state index in [2.05, 4.69) is 43.6 Å². The second-order valence-electron chi connectivity index (χ2n) is 13.4. The van der Waals surface area contributed by atoms with E-state index in [1.165, 1.54) is 12.1 Å². The summed E-state index contributed by atoms with van der Waals surface area (Å²) in [6.07, 6.45) is 3.29. The van der Waals surface area contributed by atoms with E-state index < -0.39 is 40.5 Å². The van der Waals surface area contributed by atoms with Gasteiger partial charge in [-0.1, -0.05) is 24.6 Å². The molecular formula is C33H46F2N4O5S. The Morgan fingerprint density at radius 1 is 1.07 bits per heavy atom. The van der Waals surface area contributed by atoms with Gasteiger partial charge in [-0.25, -0.2) is 12.8 Å². The lowest BCUT2D eigenvalue weighted by Gasteiger charge is -2.46. The highest BCUT2D eigenvalue weighted by Gasteiger charge is 2.41. The molecule has 248 valence electrons. The summed E-state index contributed by atoms with van der Waals surface area (Å²) < 4.78 is 60.1. The van der Waals surface area contributed by atoms with Crippen LogP contribution in [0.1, 0.15) is 71.8 Å². The number of carbonyl (C=O) groups is 2. The molecule has 4 rings (SSSR count). The second kappa shape index (κ2) is 14.6. The van der Waals surface area contributed by atoms with Crippen molar-refractivity contribution in [2.45, 2.75) is 107 Å². The van der Waals surface area contributed by atoms with Crippen LogP contribution in [0.2, 0.25) is 0 Å². The number of piperidine rings is 2. The molecule has 0 spiro atoms. The maximum Gasteiger partial charge on any atom is 0.243 e. The third-order valence-corrected chi connectivity index (χ3v) is 10.1. The highest BCUT2D eigenvalue weighted by molar-refractivity contribution is 7.89. The summed E-state index contributed by atoms with van der Waals surface area (Å²) in [5, 5.41) is 9.62. The van der Waals surface area contributed by atoms with Crippen LogP contribution in [-0.4, -0.2) is 73.6 Å². The number of hydrogen-bond acceptors (Lipinski definition) is 6. The third-order valence-electron chi connectivity index (χ3n) is 8.24. The van der Waals surface area contributed by atoms with E-state index in [1.54, 1.807) is 24.3 Å². The van der Waals surface area contributed by atoms with E-state index in [9.17, 15) is 26.8 Å². The van der Waals surface area contributed by atoms with E-state index in [0.29, 0.717) is 31.4 Å².